The lowest BCUT2D eigenvalue weighted by molar-refractivity contribution is 0.390. The average Bonchev–Trinajstić information content (AvgIpc) is 2.57. The van der Waals surface area contributed by atoms with Gasteiger partial charge in [-0.15, -0.1) is 0 Å². The van der Waals surface area contributed by atoms with E-state index in [2.05, 4.69) is 15.2 Å². The summed E-state index contributed by atoms with van der Waals surface area (Å²) in [4.78, 5) is 0.147. The number of nitrogens with zero attached hydrogens (tertiary/aromatic N) is 1. The predicted molar refractivity (Wildman–Crippen MR) is 64.3 cm³/mol. The van der Waals surface area contributed by atoms with Crippen LogP contribution >= 0.6 is 0 Å². The van der Waals surface area contributed by atoms with E-state index in [1.807, 2.05) is 14.0 Å². The number of sulfonamides is 1. The van der Waals surface area contributed by atoms with E-state index in [-0.39, 0.29) is 10.8 Å². The first-order chi connectivity index (χ1) is 7.88. The van der Waals surface area contributed by atoms with Gasteiger partial charge in [-0.3, -0.25) is 0 Å². The van der Waals surface area contributed by atoms with Crippen LogP contribution in [0.3, 0.4) is 0 Å². The molecule has 6 nitrogen and oxygen atoms in total. The molecule has 0 aliphatic rings. The van der Waals surface area contributed by atoms with Crippen LogP contribution < -0.4 is 10.0 Å². The minimum atomic E-state index is -3.53. The molecule has 0 aromatic carbocycles. The molecule has 0 spiro atoms. The summed E-state index contributed by atoms with van der Waals surface area (Å²) in [7, 11) is -1.69. The molecule has 2 N–H and O–H groups in total. The van der Waals surface area contributed by atoms with E-state index in [0.29, 0.717) is 18.0 Å². The molecule has 0 saturated heterocycles. The Morgan fingerprint density at radius 1 is 1.35 bits per heavy atom. The van der Waals surface area contributed by atoms with E-state index in [0.717, 1.165) is 6.54 Å². The standard InChI is InChI=1S/C10H19N3O3S/c1-7(5-11-4)6-12-17(14,15)10-8(2)13-16-9(10)3/h7,11-12H,5-6H2,1-4H3. The quantitative estimate of drug-likeness (QED) is 0.775. The van der Waals surface area contributed by atoms with E-state index in [1.54, 1.807) is 13.8 Å². The third kappa shape index (κ3) is 3.52. The van der Waals surface area contributed by atoms with Gasteiger partial charge in [0, 0.05) is 6.54 Å². The van der Waals surface area contributed by atoms with E-state index in [1.165, 1.54) is 0 Å². The molecule has 0 saturated carbocycles. The molecule has 17 heavy (non-hydrogen) atoms. The van der Waals surface area contributed by atoms with Gasteiger partial charge in [0.25, 0.3) is 0 Å². The Kier molecular flexibility index (Phi) is 4.67. The van der Waals surface area contributed by atoms with Gasteiger partial charge in [0.2, 0.25) is 10.0 Å². The molecule has 0 radical (unpaired) electrons. The highest BCUT2D eigenvalue weighted by Gasteiger charge is 2.24. The second-order valence-corrected chi connectivity index (χ2v) is 5.87. The van der Waals surface area contributed by atoms with Gasteiger partial charge >= 0.3 is 0 Å². The van der Waals surface area contributed by atoms with Crippen molar-refractivity contribution >= 4 is 10.0 Å². The van der Waals surface area contributed by atoms with Crippen LogP contribution in [0.2, 0.25) is 0 Å². The van der Waals surface area contributed by atoms with Crippen molar-refractivity contribution < 1.29 is 12.9 Å². The number of rotatable bonds is 6. The van der Waals surface area contributed by atoms with Gasteiger partial charge in [0.15, 0.2) is 5.76 Å². The monoisotopic (exact) mass is 261 g/mol. The van der Waals surface area contributed by atoms with Gasteiger partial charge in [-0.25, -0.2) is 13.1 Å². The molecule has 7 heteroatoms. The van der Waals surface area contributed by atoms with Gasteiger partial charge < -0.3 is 9.84 Å². The Morgan fingerprint density at radius 2 is 2.00 bits per heavy atom. The van der Waals surface area contributed by atoms with Gasteiger partial charge in [-0.2, -0.15) is 0 Å². The molecule has 1 heterocycles. The number of aromatic nitrogens is 1. The normalized spacial score (nSPS) is 13.9. The number of hydrogen-bond acceptors (Lipinski definition) is 5. The zero-order valence-corrected chi connectivity index (χ0v) is 11.4. The largest absolute Gasteiger partial charge is 0.360 e. The molecule has 0 aliphatic carbocycles. The van der Waals surface area contributed by atoms with Crippen LogP contribution in [0.5, 0.6) is 0 Å². The highest BCUT2D eigenvalue weighted by atomic mass is 32.2. The maximum absolute atomic E-state index is 12.0. The highest BCUT2D eigenvalue weighted by molar-refractivity contribution is 7.89. The summed E-state index contributed by atoms with van der Waals surface area (Å²) in [6.07, 6.45) is 0. The van der Waals surface area contributed by atoms with Crippen LogP contribution in [0.25, 0.3) is 0 Å². The van der Waals surface area contributed by atoms with Crippen LogP contribution in [0, 0.1) is 19.8 Å². The smallest absolute Gasteiger partial charge is 0.245 e. The van der Waals surface area contributed by atoms with Crippen molar-refractivity contribution in [1.29, 1.82) is 0 Å². The molecule has 0 fully saturated rings. The third-order valence-corrected chi connectivity index (χ3v) is 4.08. The van der Waals surface area contributed by atoms with Crippen molar-refractivity contribution in [2.45, 2.75) is 25.7 Å². The van der Waals surface area contributed by atoms with Crippen LogP contribution in [-0.2, 0) is 10.0 Å². The molecule has 1 aromatic heterocycles. The van der Waals surface area contributed by atoms with E-state index in [4.69, 9.17) is 4.52 Å². The van der Waals surface area contributed by atoms with Gasteiger partial charge in [-0.05, 0) is 33.4 Å². The molecule has 1 aromatic rings. The molecule has 1 unspecified atom stereocenters. The Hall–Kier alpha value is -0.920. The summed E-state index contributed by atoms with van der Waals surface area (Å²) >= 11 is 0. The Morgan fingerprint density at radius 3 is 2.47 bits per heavy atom. The summed E-state index contributed by atoms with van der Waals surface area (Å²) in [5, 5.41) is 6.63. The lowest BCUT2D eigenvalue weighted by Crippen LogP contribution is -2.32. The van der Waals surface area contributed by atoms with Crippen molar-refractivity contribution in [2.75, 3.05) is 20.1 Å². The van der Waals surface area contributed by atoms with Crippen molar-refractivity contribution in [3.05, 3.63) is 11.5 Å². The molecule has 1 rings (SSSR count). The Labute approximate surface area is 102 Å². The number of hydrogen-bond donors (Lipinski definition) is 2. The fraction of sp³-hybridized carbons (Fsp3) is 0.700. The minimum absolute atomic E-state index is 0.147. The maximum atomic E-state index is 12.0. The molecular weight excluding hydrogens is 242 g/mol. The molecule has 0 bridgehead atoms. The maximum Gasteiger partial charge on any atom is 0.245 e. The lowest BCUT2D eigenvalue weighted by Gasteiger charge is -2.12. The Bertz CT molecular complexity index is 448. The fourth-order valence-electron chi connectivity index (χ4n) is 1.60. The van der Waals surface area contributed by atoms with Crippen molar-refractivity contribution in [3.8, 4) is 0 Å². The summed E-state index contributed by atoms with van der Waals surface area (Å²) in [5.41, 5.74) is 0.385. The second-order valence-electron chi connectivity index (χ2n) is 4.17. The van der Waals surface area contributed by atoms with Crippen LogP contribution in [0.1, 0.15) is 18.4 Å². The Balaban J connectivity index is 2.76. The summed E-state index contributed by atoms with van der Waals surface area (Å²) in [6, 6.07) is 0. The third-order valence-electron chi connectivity index (χ3n) is 2.41. The van der Waals surface area contributed by atoms with Crippen molar-refractivity contribution in [1.82, 2.24) is 15.2 Å². The topological polar surface area (TPSA) is 84.2 Å². The molecule has 0 aliphatic heterocycles. The lowest BCUT2D eigenvalue weighted by atomic mass is 10.2. The van der Waals surface area contributed by atoms with Crippen LogP contribution in [0.4, 0.5) is 0 Å². The van der Waals surface area contributed by atoms with Crippen molar-refractivity contribution in [3.63, 3.8) is 0 Å². The zero-order valence-electron chi connectivity index (χ0n) is 10.6. The van der Waals surface area contributed by atoms with Crippen molar-refractivity contribution in [2.24, 2.45) is 5.92 Å². The first-order valence-corrected chi connectivity index (χ1v) is 6.94. The van der Waals surface area contributed by atoms with Gasteiger partial charge in [0.1, 0.15) is 10.6 Å². The first kappa shape index (κ1) is 14.1. The summed E-state index contributed by atoms with van der Waals surface area (Å²) in [6.45, 7) is 6.30. The van der Waals surface area contributed by atoms with E-state index < -0.39 is 10.0 Å². The van der Waals surface area contributed by atoms with E-state index >= 15 is 0 Å². The average molecular weight is 261 g/mol. The molecule has 1 atom stereocenters. The van der Waals surface area contributed by atoms with E-state index in [9.17, 15) is 8.42 Å². The van der Waals surface area contributed by atoms with Gasteiger partial charge in [0.05, 0.1) is 0 Å². The second kappa shape index (κ2) is 5.61. The summed E-state index contributed by atoms with van der Waals surface area (Å²) in [5.74, 6) is 0.534. The predicted octanol–water partition coefficient (Wildman–Crippen LogP) is 0.425. The molecule has 0 amide bonds. The van der Waals surface area contributed by atoms with Crippen LogP contribution in [0.15, 0.2) is 9.42 Å². The van der Waals surface area contributed by atoms with Gasteiger partial charge in [-0.1, -0.05) is 12.1 Å². The minimum Gasteiger partial charge on any atom is -0.360 e. The van der Waals surface area contributed by atoms with Crippen LogP contribution in [-0.4, -0.2) is 33.7 Å². The highest BCUT2D eigenvalue weighted by Crippen LogP contribution is 2.18. The fourth-order valence-corrected chi connectivity index (χ4v) is 3.09. The summed E-state index contributed by atoms with van der Waals surface area (Å²) < 4.78 is 31.4. The zero-order chi connectivity index (χ0) is 13.1. The molecular formula is C10H19N3O3S. The first-order valence-electron chi connectivity index (χ1n) is 5.45. The SMILES string of the molecule is CNCC(C)CNS(=O)(=O)c1c(C)noc1C. The molecule has 98 valence electrons. The number of aryl methyl sites for hydroxylation is 2. The number of nitrogens with one attached hydrogen (secondary N) is 2.